The molecule has 0 aliphatic carbocycles. The molecular weight excluding hydrogens is 176 g/mol. The molecule has 2 aromatic heterocycles. The Balaban J connectivity index is 1.95. The Labute approximate surface area is 82.4 Å². The van der Waals surface area contributed by atoms with Crippen molar-refractivity contribution >= 4 is 5.82 Å². The summed E-state index contributed by atoms with van der Waals surface area (Å²) < 4.78 is 1.84. The molecular formula is C10H12N4. The van der Waals surface area contributed by atoms with Crippen molar-refractivity contribution in [3.8, 4) is 0 Å². The normalized spacial score (nSPS) is 10.3. The molecule has 0 aliphatic rings. The Morgan fingerprint density at radius 2 is 2.29 bits per heavy atom. The molecule has 0 spiro atoms. The molecule has 2 N–H and O–H groups in total. The summed E-state index contributed by atoms with van der Waals surface area (Å²) >= 11 is 0. The van der Waals surface area contributed by atoms with Crippen LogP contribution in [0, 0.1) is 0 Å². The number of aromatic nitrogens is 3. The largest absolute Gasteiger partial charge is 0.382 e. The standard InChI is InChI=1S/C10H12N4/c11-10-4-7-14(13-10)6-3-9-2-1-5-12-8-9/h1-2,4-5,7-8H,3,6H2,(H2,11,13). The quantitative estimate of drug-likeness (QED) is 0.784. The Bertz CT molecular complexity index is 394. The van der Waals surface area contributed by atoms with E-state index in [4.69, 9.17) is 5.73 Å². The van der Waals surface area contributed by atoms with Gasteiger partial charge in [0.2, 0.25) is 0 Å². The number of hydrogen-bond acceptors (Lipinski definition) is 3. The zero-order chi connectivity index (χ0) is 9.80. The van der Waals surface area contributed by atoms with Crippen molar-refractivity contribution in [2.75, 3.05) is 5.73 Å². The molecule has 14 heavy (non-hydrogen) atoms. The number of nitrogens with two attached hydrogens (primary N) is 1. The number of nitrogens with zero attached hydrogens (tertiary/aromatic N) is 3. The van der Waals surface area contributed by atoms with Crippen LogP contribution in [0.5, 0.6) is 0 Å². The van der Waals surface area contributed by atoms with Crippen LogP contribution in [-0.2, 0) is 13.0 Å². The molecule has 0 saturated carbocycles. The van der Waals surface area contributed by atoms with Crippen molar-refractivity contribution in [3.63, 3.8) is 0 Å². The van der Waals surface area contributed by atoms with Crippen LogP contribution in [0.3, 0.4) is 0 Å². The summed E-state index contributed by atoms with van der Waals surface area (Å²) in [6, 6.07) is 5.79. The van der Waals surface area contributed by atoms with Gasteiger partial charge in [-0.1, -0.05) is 6.07 Å². The van der Waals surface area contributed by atoms with Crippen molar-refractivity contribution < 1.29 is 0 Å². The van der Waals surface area contributed by atoms with Gasteiger partial charge in [-0.05, 0) is 24.1 Å². The summed E-state index contributed by atoms with van der Waals surface area (Å²) in [6.07, 6.45) is 6.45. The number of aryl methyl sites for hydroxylation is 2. The molecule has 2 rings (SSSR count). The van der Waals surface area contributed by atoms with E-state index in [9.17, 15) is 0 Å². The van der Waals surface area contributed by atoms with Gasteiger partial charge in [-0.2, -0.15) is 5.10 Å². The number of hydrogen-bond donors (Lipinski definition) is 1. The number of nitrogen functional groups attached to an aromatic ring is 1. The topological polar surface area (TPSA) is 56.7 Å². The van der Waals surface area contributed by atoms with Gasteiger partial charge in [0.25, 0.3) is 0 Å². The summed E-state index contributed by atoms with van der Waals surface area (Å²) in [4.78, 5) is 4.05. The van der Waals surface area contributed by atoms with E-state index in [0.717, 1.165) is 13.0 Å². The van der Waals surface area contributed by atoms with Gasteiger partial charge in [-0.15, -0.1) is 0 Å². The molecule has 0 atom stereocenters. The molecule has 2 heterocycles. The number of anilines is 1. The van der Waals surface area contributed by atoms with Gasteiger partial charge in [0, 0.05) is 25.1 Å². The molecule has 0 amide bonds. The first-order valence-corrected chi connectivity index (χ1v) is 4.52. The molecule has 0 saturated heterocycles. The van der Waals surface area contributed by atoms with Crippen molar-refractivity contribution in [1.82, 2.24) is 14.8 Å². The lowest BCUT2D eigenvalue weighted by Crippen LogP contribution is -2.02. The molecule has 0 bridgehead atoms. The van der Waals surface area contributed by atoms with Gasteiger partial charge >= 0.3 is 0 Å². The SMILES string of the molecule is Nc1ccn(CCc2cccnc2)n1. The van der Waals surface area contributed by atoms with Crippen LogP contribution in [0.15, 0.2) is 36.8 Å². The fourth-order valence-corrected chi connectivity index (χ4v) is 1.29. The maximum absolute atomic E-state index is 5.50. The molecule has 0 radical (unpaired) electrons. The van der Waals surface area contributed by atoms with Gasteiger partial charge in [-0.25, -0.2) is 0 Å². The molecule has 4 heteroatoms. The summed E-state index contributed by atoms with van der Waals surface area (Å²) in [7, 11) is 0. The lowest BCUT2D eigenvalue weighted by Gasteiger charge is -2.00. The molecule has 0 fully saturated rings. The third-order valence-electron chi connectivity index (χ3n) is 2.01. The first-order valence-electron chi connectivity index (χ1n) is 4.52. The minimum Gasteiger partial charge on any atom is -0.382 e. The van der Waals surface area contributed by atoms with E-state index in [0.29, 0.717) is 5.82 Å². The fourth-order valence-electron chi connectivity index (χ4n) is 1.29. The van der Waals surface area contributed by atoms with E-state index in [-0.39, 0.29) is 0 Å². The maximum atomic E-state index is 5.50. The summed E-state index contributed by atoms with van der Waals surface area (Å²) in [5.74, 6) is 0.566. The van der Waals surface area contributed by atoms with Gasteiger partial charge in [-0.3, -0.25) is 9.67 Å². The van der Waals surface area contributed by atoms with Crippen molar-refractivity contribution in [1.29, 1.82) is 0 Å². The van der Waals surface area contributed by atoms with Gasteiger partial charge < -0.3 is 5.73 Å². The predicted molar refractivity (Wildman–Crippen MR) is 54.6 cm³/mol. The third-order valence-corrected chi connectivity index (χ3v) is 2.01. The number of rotatable bonds is 3. The third kappa shape index (κ3) is 2.10. The van der Waals surface area contributed by atoms with E-state index in [2.05, 4.69) is 16.1 Å². The lowest BCUT2D eigenvalue weighted by atomic mass is 10.2. The highest BCUT2D eigenvalue weighted by Gasteiger charge is 1.95. The average Bonchev–Trinajstić information content (AvgIpc) is 2.63. The Kier molecular flexibility index (Phi) is 2.44. The molecule has 0 unspecified atom stereocenters. The monoisotopic (exact) mass is 188 g/mol. The van der Waals surface area contributed by atoms with Crippen LogP contribution in [0.2, 0.25) is 0 Å². The minimum atomic E-state index is 0.566. The van der Waals surface area contributed by atoms with Crippen LogP contribution >= 0.6 is 0 Å². The molecule has 72 valence electrons. The first-order chi connectivity index (χ1) is 6.84. The highest BCUT2D eigenvalue weighted by molar-refractivity contribution is 5.23. The highest BCUT2D eigenvalue weighted by Crippen LogP contribution is 2.01. The molecule has 4 nitrogen and oxygen atoms in total. The van der Waals surface area contributed by atoms with Crippen LogP contribution in [0.25, 0.3) is 0 Å². The van der Waals surface area contributed by atoms with E-state index >= 15 is 0 Å². The van der Waals surface area contributed by atoms with Crippen LogP contribution < -0.4 is 5.73 Å². The zero-order valence-electron chi connectivity index (χ0n) is 7.80. The smallest absolute Gasteiger partial charge is 0.145 e. The highest BCUT2D eigenvalue weighted by atomic mass is 15.3. The van der Waals surface area contributed by atoms with Crippen molar-refractivity contribution in [2.45, 2.75) is 13.0 Å². The molecule has 2 aromatic rings. The average molecular weight is 188 g/mol. The lowest BCUT2D eigenvalue weighted by molar-refractivity contribution is 0.616. The van der Waals surface area contributed by atoms with Crippen LogP contribution in [0.1, 0.15) is 5.56 Å². The fraction of sp³-hybridized carbons (Fsp3) is 0.200. The van der Waals surface area contributed by atoms with E-state index < -0.39 is 0 Å². The minimum absolute atomic E-state index is 0.566. The van der Waals surface area contributed by atoms with Crippen molar-refractivity contribution in [2.24, 2.45) is 0 Å². The van der Waals surface area contributed by atoms with Gasteiger partial charge in [0.15, 0.2) is 0 Å². The summed E-state index contributed by atoms with van der Waals surface area (Å²) in [6.45, 7) is 0.836. The van der Waals surface area contributed by atoms with Crippen LogP contribution in [0.4, 0.5) is 5.82 Å². The van der Waals surface area contributed by atoms with E-state index in [1.807, 2.05) is 23.1 Å². The molecule has 0 aliphatic heterocycles. The predicted octanol–water partition coefficient (Wildman–Crippen LogP) is 1.10. The second-order valence-electron chi connectivity index (χ2n) is 3.11. The van der Waals surface area contributed by atoms with Gasteiger partial charge in [0.05, 0.1) is 0 Å². The summed E-state index contributed by atoms with van der Waals surface area (Å²) in [5.41, 5.74) is 6.71. The Morgan fingerprint density at radius 1 is 1.36 bits per heavy atom. The zero-order valence-corrected chi connectivity index (χ0v) is 7.80. The first kappa shape index (κ1) is 8.74. The Hall–Kier alpha value is -1.84. The van der Waals surface area contributed by atoms with Crippen molar-refractivity contribution in [3.05, 3.63) is 42.4 Å². The molecule has 0 aromatic carbocycles. The summed E-state index contributed by atoms with van der Waals surface area (Å²) in [5, 5.41) is 4.10. The van der Waals surface area contributed by atoms with E-state index in [1.165, 1.54) is 5.56 Å². The van der Waals surface area contributed by atoms with Crippen LogP contribution in [-0.4, -0.2) is 14.8 Å². The number of pyridine rings is 1. The maximum Gasteiger partial charge on any atom is 0.145 e. The van der Waals surface area contributed by atoms with E-state index in [1.54, 1.807) is 12.3 Å². The van der Waals surface area contributed by atoms with Gasteiger partial charge in [0.1, 0.15) is 5.82 Å². The Morgan fingerprint density at radius 3 is 2.93 bits per heavy atom. The second kappa shape index (κ2) is 3.91. The second-order valence-corrected chi connectivity index (χ2v) is 3.11.